The minimum atomic E-state index is -0.575. The zero-order chi connectivity index (χ0) is 12.7. The maximum atomic E-state index is 13.2. The highest BCUT2D eigenvalue weighted by Gasteiger charge is 2.08. The highest BCUT2D eigenvalue weighted by Crippen LogP contribution is 2.20. The molecule has 0 aromatic heterocycles. The van der Waals surface area contributed by atoms with Gasteiger partial charge < -0.3 is 9.53 Å². The molecule has 17 heavy (non-hydrogen) atoms. The predicted molar refractivity (Wildman–Crippen MR) is 61.1 cm³/mol. The molecule has 0 N–H and O–H groups in total. The topological polar surface area (TPSA) is 50.1 Å². The van der Waals surface area contributed by atoms with E-state index in [-0.39, 0.29) is 17.1 Å². The lowest BCUT2D eigenvalue weighted by molar-refractivity contribution is -0.117. The fourth-order valence-corrected chi connectivity index (χ4v) is 1.39. The van der Waals surface area contributed by atoms with Crippen molar-refractivity contribution in [2.45, 2.75) is 26.2 Å². The third kappa shape index (κ3) is 4.23. The number of benzene rings is 1. The average molecular weight is 235 g/mol. The van der Waals surface area contributed by atoms with Crippen LogP contribution < -0.4 is 4.74 Å². The first-order valence-corrected chi connectivity index (χ1v) is 5.46. The van der Waals surface area contributed by atoms with Crippen LogP contribution in [0.15, 0.2) is 18.2 Å². The van der Waals surface area contributed by atoms with E-state index >= 15 is 0 Å². The standard InChI is InChI=1S/C13H14FNO2/c1-10(16)5-2-3-8-17-13-7-4-6-12(14)11(13)9-15/h4,6-7H,2-3,5,8H2,1H3. The van der Waals surface area contributed by atoms with Gasteiger partial charge in [-0.05, 0) is 31.9 Å². The first-order valence-electron chi connectivity index (χ1n) is 5.46. The molecule has 0 atom stereocenters. The molecule has 0 fully saturated rings. The van der Waals surface area contributed by atoms with Crippen molar-refractivity contribution in [3.05, 3.63) is 29.6 Å². The lowest BCUT2D eigenvalue weighted by Gasteiger charge is -2.07. The number of unbranched alkanes of at least 4 members (excludes halogenated alkanes) is 1. The van der Waals surface area contributed by atoms with Gasteiger partial charge in [0.25, 0.3) is 0 Å². The van der Waals surface area contributed by atoms with Crippen LogP contribution >= 0.6 is 0 Å². The molecular weight excluding hydrogens is 221 g/mol. The first kappa shape index (κ1) is 13.2. The summed E-state index contributed by atoms with van der Waals surface area (Å²) >= 11 is 0. The van der Waals surface area contributed by atoms with Gasteiger partial charge >= 0.3 is 0 Å². The molecule has 0 aliphatic rings. The van der Waals surface area contributed by atoms with E-state index in [1.165, 1.54) is 12.1 Å². The van der Waals surface area contributed by atoms with Gasteiger partial charge in [0.1, 0.15) is 29.0 Å². The van der Waals surface area contributed by atoms with Crippen molar-refractivity contribution < 1.29 is 13.9 Å². The number of hydrogen-bond acceptors (Lipinski definition) is 3. The van der Waals surface area contributed by atoms with Crippen LogP contribution in [0.5, 0.6) is 5.75 Å². The van der Waals surface area contributed by atoms with E-state index < -0.39 is 5.82 Å². The second-order valence-electron chi connectivity index (χ2n) is 3.73. The number of nitriles is 1. The van der Waals surface area contributed by atoms with E-state index in [9.17, 15) is 9.18 Å². The van der Waals surface area contributed by atoms with Crippen molar-refractivity contribution in [3.8, 4) is 11.8 Å². The van der Waals surface area contributed by atoms with Crippen molar-refractivity contribution in [1.29, 1.82) is 5.26 Å². The van der Waals surface area contributed by atoms with Gasteiger partial charge in [0.15, 0.2) is 0 Å². The maximum absolute atomic E-state index is 13.2. The third-order valence-electron chi connectivity index (χ3n) is 2.27. The van der Waals surface area contributed by atoms with Crippen molar-refractivity contribution in [2.24, 2.45) is 0 Å². The van der Waals surface area contributed by atoms with Crippen LogP contribution in [-0.2, 0) is 4.79 Å². The van der Waals surface area contributed by atoms with Crippen molar-refractivity contribution in [3.63, 3.8) is 0 Å². The Morgan fingerprint density at radius 1 is 1.47 bits per heavy atom. The molecule has 4 heteroatoms. The number of Topliss-reactive ketones (excluding diaryl/α,β-unsaturated/α-hetero) is 1. The van der Waals surface area contributed by atoms with Gasteiger partial charge in [-0.3, -0.25) is 0 Å². The van der Waals surface area contributed by atoms with Crippen LogP contribution in [0.3, 0.4) is 0 Å². The van der Waals surface area contributed by atoms with Crippen molar-refractivity contribution in [1.82, 2.24) is 0 Å². The Labute approximate surface area is 99.8 Å². The Morgan fingerprint density at radius 3 is 2.88 bits per heavy atom. The summed E-state index contributed by atoms with van der Waals surface area (Å²) in [6.07, 6.45) is 1.98. The first-order chi connectivity index (χ1) is 8.15. The summed E-state index contributed by atoms with van der Waals surface area (Å²) in [6.45, 7) is 1.92. The molecule has 0 amide bonds. The molecule has 0 aliphatic carbocycles. The molecule has 0 radical (unpaired) electrons. The van der Waals surface area contributed by atoms with E-state index in [1.54, 1.807) is 19.1 Å². The highest BCUT2D eigenvalue weighted by molar-refractivity contribution is 5.75. The maximum Gasteiger partial charge on any atom is 0.144 e. The van der Waals surface area contributed by atoms with Crippen LogP contribution in [0.2, 0.25) is 0 Å². The predicted octanol–water partition coefficient (Wildman–Crippen LogP) is 2.84. The van der Waals surface area contributed by atoms with E-state index in [2.05, 4.69) is 0 Å². The molecule has 90 valence electrons. The van der Waals surface area contributed by atoms with Crippen LogP contribution in [-0.4, -0.2) is 12.4 Å². The Hall–Kier alpha value is -1.89. The number of carbonyl (C=O) groups excluding carboxylic acids is 1. The fraction of sp³-hybridized carbons (Fsp3) is 0.385. The Bertz CT molecular complexity index is 438. The molecule has 0 saturated carbocycles. The third-order valence-corrected chi connectivity index (χ3v) is 2.27. The summed E-state index contributed by atoms with van der Waals surface area (Å²) in [5.74, 6) is -0.169. The molecule has 1 aromatic carbocycles. The molecule has 0 saturated heterocycles. The quantitative estimate of drug-likeness (QED) is 0.712. The Balaban J connectivity index is 2.45. The van der Waals surface area contributed by atoms with Gasteiger partial charge in [-0.1, -0.05) is 6.07 Å². The van der Waals surface area contributed by atoms with Gasteiger partial charge in [-0.2, -0.15) is 5.26 Å². The van der Waals surface area contributed by atoms with Gasteiger partial charge in [0.05, 0.1) is 6.61 Å². The number of hydrogen-bond donors (Lipinski definition) is 0. The van der Waals surface area contributed by atoms with Crippen LogP contribution in [0, 0.1) is 17.1 Å². The normalized spacial score (nSPS) is 9.71. The number of ether oxygens (including phenoxy) is 1. The van der Waals surface area contributed by atoms with Gasteiger partial charge in [-0.15, -0.1) is 0 Å². The van der Waals surface area contributed by atoms with Crippen LogP contribution in [0.1, 0.15) is 31.7 Å². The molecule has 3 nitrogen and oxygen atoms in total. The van der Waals surface area contributed by atoms with Crippen LogP contribution in [0.25, 0.3) is 0 Å². The Kier molecular flexibility index (Phi) is 5.15. The number of ketones is 1. The SMILES string of the molecule is CC(=O)CCCCOc1cccc(F)c1C#N. The fourth-order valence-electron chi connectivity index (χ4n) is 1.39. The average Bonchev–Trinajstić information content (AvgIpc) is 2.28. The number of carbonyl (C=O) groups is 1. The van der Waals surface area contributed by atoms with E-state index in [0.717, 1.165) is 6.42 Å². The summed E-state index contributed by atoms with van der Waals surface area (Å²) in [7, 11) is 0. The molecule has 0 unspecified atom stereocenters. The minimum Gasteiger partial charge on any atom is -0.492 e. The van der Waals surface area contributed by atoms with E-state index in [0.29, 0.717) is 19.4 Å². The molecule has 1 aromatic rings. The molecular formula is C13H14FNO2. The highest BCUT2D eigenvalue weighted by atomic mass is 19.1. The monoisotopic (exact) mass is 235 g/mol. The number of rotatable bonds is 6. The zero-order valence-electron chi connectivity index (χ0n) is 9.70. The van der Waals surface area contributed by atoms with Crippen molar-refractivity contribution >= 4 is 5.78 Å². The summed E-state index contributed by atoms with van der Waals surface area (Å²) < 4.78 is 18.5. The Morgan fingerprint density at radius 2 is 2.24 bits per heavy atom. The van der Waals surface area contributed by atoms with Gasteiger partial charge in [0.2, 0.25) is 0 Å². The summed E-state index contributed by atoms with van der Waals surface area (Å²) in [6, 6.07) is 6.06. The smallest absolute Gasteiger partial charge is 0.144 e. The van der Waals surface area contributed by atoms with Crippen LogP contribution in [0.4, 0.5) is 4.39 Å². The zero-order valence-corrected chi connectivity index (χ0v) is 9.70. The lowest BCUT2D eigenvalue weighted by Crippen LogP contribution is -2.01. The number of halogens is 1. The summed E-state index contributed by atoms with van der Waals surface area (Å²) in [5.41, 5.74) is -0.0703. The van der Waals surface area contributed by atoms with Crippen molar-refractivity contribution in [2.75, 3.05) is 6.61 Å². The number of nitrogens with zero attached hydrogens (tertiary/aromatic N) is 1. The molecule has 0 spiro atoms. The minimum absolute atomic E-state index is 0.0703. The van der Waals surface area contributed by atoms with Gasteiger partial charge in [-0.25, -0.2) is 4.39 Å². The lowest BCUT2D eigenvalue weighted by atomic mass is 10.2. The summed E-state index contributed by atoms with van der Waals surface area (Å²) in [4.78, 5) is 10.7. The molecule has 0 bridgehead atoms. The summed E-state index contributed by atoms with van der Waals surface area (Å²) in [5, 5.41) is 8.76. The van der Waals surface area contributed by atoms with Gasteiger partial charge in [0, 0.05) is 6.42 Å². The molecule has 0 aliphatic heterocycles. The van der Waals surface area contributed by atoms with E-state index in [1.807, 2.05) is 0 Å². The van der Waals surface area contributed by atoms with E-state index in [4.69, 9.17) is 10.00 Å². The molecule has 0 heterocycles. The second kappa shape index (κ2) is 6.64. The largest absolute Gasteiger partial charge is 0.492 e. The second-order valence-corrected chi connectivity index (χ2v) is 3.73. The molecule has 1 rings (SSSR count).